The predicted molar refractivity (Wildman–Crippen MR) is 53.4 cm³/mol. The lowest BCUT2D eigenvalue weighted by atomic mass is 10.0. The highest BCUT2D eigenvalue weighted by molar-refractivity contribution is 9.10. The third-order valence-corrected chi connectivity index (χ3v) is 3.67. The van der Waals surface area contributed by atoms with Crippen molar-refractivity contribution >= 4 is 21.6 Å². The maximum Gasteiger partial charge on any atom is 0.146 e. The van der Waals surface area contributed by atoms with E-state index in [1.165, 1.54) is 12.5 Å². The van der Waals surface area contributed by atoms with Gasteiger partial charge in [-0.15, -0.1) is 0 Å². The summed E-state index contributed by atoms with van der Waals surface area (Å²) in [5, 5.41) is 3.16. The summed E-state index contributed by atoms with van der Waals surface area (Å²) in [6, 6.07) is 3.31. The van der Waals surface area contributed by atoms with Crippen LogP contribution in [0, 0.1) is 11.7 Å². The summed E-state index contributed by atoms with van der Waals surface area (Å²) in [6.45, 7) is 0.936. The molecule has 1 saturated carbocycles. The first-order valence-corrected chi connectivity index (χ1v) is 5.28. The molecule has 2 atom stereocenters. The van der Waals surface area contributed by atoms with Gasteiger partial charge in [-0.25, -0.2) is 4.39 Å². The molecule has 3 rings (SSSR count). The Balaban J connectivity index is 2.22. The molecule has 0 bridgehead atoms. The number of hydrogen-bond donors (Lipinski definition) is 1. The molecule has 1 aliphatic carbocycles. The largest absolute Gasteiger partial charge is 0.382 e. The Morgan fingerprint density at radius 1 is 1.46 bits per heavy atom. The fourth-order valence-corrected chi connectivity index (χ4v) is 2.79. The third-order valence-electron chi connectivity index (χ3n) is 2.98. The monoisotopic (exact) mass is 241 g/mol. The summed E-state index contributed by atoms with van der Waals surface area (Å²) < 4.78 is 14.4. The molecule has 0 spiro atoms. The van der Waals surface area contributed by atoms with Gasteiger partial charge in [0.05, 0.1) is 5.69 Å². The molecule has 0 saturated heterocycles. The molecule has 1 aromatic rings. The average molecular weight is 242 g/mol. The minimum atomic E-state index is -0.122. The summed E-state index contributed by atoms with van der Waals surface area (Å²) in [5.74, 6) is 1.22. The summed E-state index contributed by atoms with van der Waals surface area (Å²) in [7, 11) is 0. The lowest BCUT2D eigenvalue weighted by Crippen LogP contribution is -2.13. The smallest absolute Gasteiger partial charge is 0.146 e. The second-order valence-electron chi connectivity index (χ2n) is 3.80. The van der Waals surface area contributed by atoms with Crippen LogP contribution in [0.25, 0.3) is 0 Å². The molecule has 0 radical (unpaired) electrons. The molecule has 1 nitrogen and oxygen atoms in total. The Morgan fingerprint density at radius 2 is 2.31 bits per heavy atom. The summed E-state index contributed by atoms with van der Waals surface area (Å²) in [4.78, 5) is 0. The predicted octanol–water partition coefficient (Wildman–Crippen LogP) is 3.12. The van der Waals surface area contributed by atoms with Crippen molar-refractivity contribution in [2.45, 2.75) is 12.3 Å². The molecule has 1 fully saturated rings. The van der Waals surface area contributed by atoms with E-state index in [1.54, 1.807) is 6.07 Å². The number of hydrogen-bond acceptors (Lipinski definition) is 1. The topological polar surface area (TPSA) is 12.0 Å². The molecule has 0 aromatic heterocycles. The van der Waals surface area contributed by atoms with E-state index >= 15 is 0 Å². The fraction of sp³-hybridized carbons (Fsp3) is 0.400. The van der Waals surface area contributed by atoms with Crippen LogP contribution in [0.15, 0.2) is 16.6 Å². The maximum absolute atomic E-state index is 13.4. The fourth-order valence-electron chi connectivity index (χ4n) is 2.17. The Morgan fingerprint density at radius 3 is 3.15 bits per heavy atom. The normalized spacial score (nSPS) is 28.8. The van der Waals surface area contributed by atoms with E-state index < -0.39 is 0 Å². The second kappa shape index (κ2) is 2.47. The van der Waals surface area contributed by atoms with E-state index in [9.17, 15) is 4.39 Å². The standard InChI is InChI=1S/C10H9BrFN/c11-7-1-2-8(12)10-9(7)6-3-5(6)4-13-10/h1-2,5-6,13H,3-4H2. The Hall–Kier alpha value is -0.570. The van der Waals surface area contributed by atoms with E-state index in [-0.39, 0.29) is 5.82 Å². The van der Waals surface area contributed by atoms with E-state index in [4.69, 9.17) is 0 Å². The highest BCUT2D eigenvalue weighted by Crippen LogP contribution is 2.55. The molecule has 2 unspecified atom stereocenters. The first-order chi connectivity index (χ1) is 6.27. The van der Waals surface area contributed by atoms with Crippen LogP contribution >= 0.6 is 15.9 Å². The molecule has 68 valence electrons. The van der Waals surface area contributed by atoms with Crippen molar-refractivity contribution in [3.8, 4) is 0 Å². The SMILES string of the molecule is Fc1ccc(Br)c2c1NCC1CC21. The lowest BCUT2D eigenvalue weighted by molar-refractivity contribution is 0.622. The lowest BCUT2D eigenvalue weighted by Gasteiger charge is -2.19. The first-order valence-electron chi connectivity index (χ1n) is 4.49. The van der Waals surface area contributed by atoms with Crippen molar-refractivity contribution in [2.24, 2.45) is 5.92 Å². The zero-order valence-electron chi connectivity index (χ0n) is 6.98. The van der Waals surface area contributed by atoms with Gasteiger partial charge in [-0.05, 0) is 36.0 Å². The zero-order valence-corrected chi connectivity index (χ0v) is 8.57. The van der Waals surface area contributed by atoms with Crippen molar-refractivity contribution in [1.82, 2.24) is 0 Å². The number of nitrogens with one attached hydrogen (secondary N) is 1. The van der Waals surface area contributed by atoms with Gasteiger partial charge < -0.3 is 5.32 Å². The zero-order chi connectivity index (χ0) is 9.00. The van der Waals surface area contributed by atoms with Gasteiger partial charge in [0.1, 0.15) is 5.82 Å². The number of rotatable bonds is 0. The molecule has 2 aliphatic rings. The van der Waals surface area contributed by atoms with Gasteiger partial charge in [0, 0.05) is 11.0 Å². The van der Waals surface area contributed by atoms with Crippen LogP contribution in [0.3, 0.4) is 0 Å². The minimum absolute atomic E-state index is 0.122. The molecular formula is C10H9BrFN. The van der Waals surface area contributed by atoms with Crippen molar-refractivity contribution in [3.63, 3.8) is 0 Å². The summed E-state index contributed by atoms with van der Waals surface area (Å²) >= 11 is 3.48. The van der Waals surface area contributed by atoms with Crippen LogP contribution in [0.1, 0.15) is 17.9 Å². The van der Waals surface area contributed by atoms with Crippen molar-refractivity contribution < 1.29 is 4.39 Å². The average Bonchev–Trinajstić information content (AvgIpc) is 2.89. The first kappa shape index (κ1) is 7.80. The van der Waals surface area contributed by atoms with Crippen LogP contribution in [0.4, 0.5) is 10.1 Å². The molecule has 1 heterocycles. The van der Waals surface area contributed by atoms with E-state index in [2.05, 4.69) is 21.2 Å². The van der Waals surface area contributed by atoms with Gasteiger partial charge in [0.2, 0.25) is 0 Å². The van der Waals surface area contributed by atoms with Crippen LogP contribution in [0.2, 0.25) is 0 Å². The number of benzene rings is 1. The minimum Gasteiger partial charge on any atom is -0.382 e. The van der Waals surface area contributed by atoms with Crippen molar-refractivity contribution in [3.05, 3.63) is 28.0 Å². The number of anilines is 1. The molecule has 1 aliphatic heterocycles. The van der Waals surface area contributed by atoms with Crippen LogP contribution in [-0.4, -0.2) is 6.54 Å². The Bertz CT molecular complexity index is 377. The molecule has 13 heavy (non-hydrogen) atoms. The van der Waals surface area contributed by atoms with Crippen LogP contribution in [-0.2, 0) is 0 Å². The van der Waals surface area contributed by atoms with Gasteiger partial charge in [-0.3, -0.25) is 0 Å². The van der Waals surface area contributed by atoms with Gasteiger partial charge in [0.25, 0.3) is 0 Å². The highest BCUT2D eigenvalue weighted by Gasteiger charge is 2.44. The van der Waals surface area contributed by atoms with Gasteiger partial charge in [-0.2, -0.15) is 0 Å². The Kier molecular flexibility index (Phi) is 1.48. The second-order valence-corrected chi connectivity index (χ2v) is 4.66. The molecular weight excluding hydrogens is 233 g/mol. The molecule has 1 N–H and O–H groups in total. The van der Waals surface area contributed by atoms with Gasteiger partial charge in [0.15, 0.2) is 0 Å². The van der Waals surface area contributed by atoms with Crippen LogP contribution < -0.4 is 5.32 Å². The van der Waals surface area contributed by atoms with Crippen molar-refractivity contribution in [2.75, 3.05) is 11.9 Å². The van der Waals surface area contributed by atoms with Gasteiger partial charge >= 0.3 is 0 Å². The van der Waals surface area contributed by atoms with Crippen LogP contribution in [0.5, 0.6) is 0 Å². The van der Waals surface area contributed by atoms with E-state index in [0.29, 0.717) is 11.6 Å². The highest BCUT2D eigenvalue weighted by atomic mass is 79.9. The molecule has 3 heteroatoms. The van der Waals surface area contributed by atoms with Crippen molar-refractivity contribution in [1.29, 1.82) is 0 Å². The number of halogens is 2. The van der Waals surface area contributed by atoms with Gasteiger partial charge in [-0.1, -0.05) is 15.9 Å². The van der Waals surface area contributed by atoms with E-state index in [1.807, 2.05) is 0 Å². The molecule has 0 amide bonds. The third kappa shape index (κ3) is 1.03. The molecule has 1 aromatic carbocycles. The maximum atomic E-state index is 13.4. The van der Waals surface area contributed by atoms with E-state index in [0.717, 1.165) is 22.5 Å². The Labute approximate surface area is 84.5 Å². The summed E-state index contributed by atoms with van der Waals surface area (Å²) in [5.41, 5.74) is 1.87. The quantitative estimate of drug-likeness (QED) is 0.737. The number of fused-ring (bicyclic) bond motifs is 3. The summed E-state index contributed by atoms with van der Waals surface area (Å²) in [6.07, 6.45) is 1.21.